The highest BCUT2D eigenvalue weighted by atomic mass is 32.1. The summed E-state index contributed by atoms with van der Waals surface area (Å²) in [6.07, 6.45) is 0.973. The van der Waals surface area contributed by atoms with Crippen LogP contribution in [0.2, 0.25) is 0 Å². The Kier molecular flexibility index (Phi) is 6.95. The second-order valence-corrected chi connectivity index (χ2v) is 6.74. The first-order valence-corrected chi connectivity index (χ1v) is 8.76. The molecule has 25 heavy (non-hydrogen) atoms. The fraction of sp³-hybridized carbons (Fsp3) is 0.300. The van der Waals surface area contributed by atoms with Crippen molar-refractivity contribution in [3.8, 4) is 5.75 Å². The van der Waals surface area contributed by atoms with E-state index in [1.807, 2.05) is 37.3 Å². The number of carbonyl (C=O) groups excluding carboxylic acids is 1. The molecule has 2 rings (SSSR count). The maximum Gasteiger partial charge on any atom is 0.257 e. The molecule has 4 nitrogen and oxygen atoms in total. The van der Waals surface area contributed by atoms with Crippen LogP contribution in [0.5, 0.6) is 5.75 Å². The van der Waals surface area contributed by atoms with Gasteiger partial charge in [-0.05, 0) is 67.4 Å². The van der Waals surface area contributed by atoms with Gasteiger partial charge in [0.15, 0.2) is 5.11 Å². The van der Waals surface area contributed by atoms with Crippen LogP contribution >= 0.6 is 12.2 Å². The van der Waals surface area contributed by atoms with Crippen LogP contribution in [-0.4, -0.2) is 17.6 Å². The second kappa shape index (κ2) is 9.18. The summed E-state index contributed by atoms with van der Waals surface area (Å²) in [6.45, 7) is 6.93. The largest absolute Gasteiger partial charge is 0.494 e. The van der Waals surface area contributed by atoms with E-state index < -0.39 is 0 Å². The molecule has 132 valence electrons. The van der Waals surface area contributed by atoms with E-state index in [4.69, 9.17) is 17.0 Å². The molecule has 5 heteroatoms. The fourth-order valence-electron chi connectivity index (χ4n) is 2.20. The molecule has 2 N–H and O–H groups in total. The van der Waals surface area contributed by atoms with Crippen molar-refractivity contribution in [1.82, 2.24) is 5.32 Å². The van der Waals surface area contributed by atoms with Crippen molar-refractivity contribution in [2.75, 3.05) is 11.9 Å². The molecule has 0 saturated carbocycles. The summed E-state index contributed by atoms with van der Waals surface area (Å²) in [6, 6.07) is 14.9. The van der Waals surface area contributed by atoms with Gasteiger partial charge in [-0.3, -0.25) is 10.1 Å². The number of thiocarbonyl (C=S) groups is 1. The smallest absolute Gasteiger partial charge is 0.257 e. The van der Waals surface area contributed by atoms with E-state index in [0.717, 1.165) is 17.7 Å². The normalized spacial score (nSPS) is 10.4. The second-order valence-electron chi connectivity index (χ2n) is 6.34. The number of benzene rings is 2. The zero-order valence-corrected chi connectivity index (χ0v) is 15.7. The first kappa shape index (κ1) is 18.9. The van der Waals surface area contributed by atoms with Gasteiger partial charge in [-0.2, -0.15) is 0 Å². The Morgan fingerprint density at radius 3 is 2.64 bits per heavy atom. The van der Waals surface area contributed by atoms with Crippen LogP contribution in [0.4, 0.5) is 5.69 Å². The minimum Gasteiger partial charge on any atom is -0.494 e. The molecule has 0 atom stereocenters. The lowest BCUT2D eigenvalue weighted by Crippen LogP contribution is -2.34. The number of carbonyl (C=O) groups is 1. The number of hydrogen-bond donors (Lipinski definition) is 2. The highest BCUT2D eigenvalue weighted by Crippen LogP contribution is 2.15. The maximum atomic E-state index is 12.4. The quantitative estimate of drug-likeness (QED) is 0.746. The number of anilines is 1. The average molecular weight is 356 g/mol. The molecule has 0 aliphatic rings. The Morgan fingerprint density at radius 2 is 1.92 bits per heavy atom. The van der Waals surface area contributed by atoms with Crippen LogP contribution in [-0.2, 0) is 0 Å². The Bertz CT molecular complexity index is 744. The number of hydrogen-bond acceptors (Lipinski definition) is 3. The summed E-state index contributed by atoms with van der Waals surface area (Å²) in [4.78, 5) is 12.4. The number of nitrogens with one attached hydrogen (secondary N) is 2. The van der Waals surface area contributed by atoms with Crippen molar-refractivity contribution in [3.05, 3.63) is 59.7 Å². The SMILES string of the molecule is Cc1cccc(NC(=S)NC(=O)c2cccc(OCCC(C)C)c2)c1. The van der Waals surface area contributed by atoms with Crippen LogP contribution in [0.25, 0.3) is 0 Å². The van der Waals surface area contributed by atoms with Crippen LogP contribution in [0.3, 0.4) is 0 Å². The predicted molar refractivity (Wildman–Crippen MR) is 106 cm³/mol. The molecule has 0 aromatic heterocycles. The zero-order chi connectivity index (χ0) is 18.2. The molecule has 0 aliphatic carbocycles. The average Bonchev–Trinajstić information content (AvgIpc) is 2.54. The third kappa shape index (κ3) is 6.55. The molecule has 0 unspecified atom stereocenters. The van der Waals surface area contributed by atoms with Gasteiger partial charge < -0.3 is 10.1 Å². The van der Waals surface area contributed by atoms with Gasteiger partial charge in [-0.1, -0.05) is 32.0 Å². The summed E-state index contributed by atoms with van der Waals surface area (Å²) in [7, 11) is 0. The van der Waals surface area contributed by atoms with Crippen molar-refractivity contribution in [3.63, 3.8) is 0 Å². The van der Waals surface area contributed by atoms with Crippen LogP contribution in [0, 0.1) is 12.8 Å². The lowest BCUT2D eigenvalue weighted by Gasteiger charge is -2.11. The summed E-state index contributed by atoms with van der Waals surface area (Å²) in [5.74, 6) is 1.00. The number of rotatable bonds is 6. The van der Waals surface area contributed by atoms with Gasteiger partial charge in [0.05, 0.1) is 6.61 Å². The summed E-state index contributed by atoms with van der Waals surface area (Å²) < 4.78 is 5.69. The molecular formula is C20H24N2O2S. The molecule has 0 radical (unpaired) electrons. The van der Waals surface area contributed by atoms with E-state index in [9.17, 15) is 4.79 Å². The Labute approximate surface area is 154 Å². The lowest BCUT2D eigenvalue weighted by molar-refractivity contribution is 0.0977. The molecule has 0 aliphatic heterocycles. The molecule has 0 fully saturated rings. The van der Waals surface area contributed by atoms with Gasteiger partial charge in [0, 0.05) is 11.3 Å². The van der Waals surface area contributed by atoms with Gasteiger partial charge in [0.2, 0.25) is 0 Å². The topological polar surface area (TPSA) is 50.4 Å². The highest BCUT2D eigenvalue weighted by molar-refractivity contribution is 7.80. The van der Waals surface area contributed by atoms with Crippen molar-refractivity contribution in [2.45, 2.75) is 27.2 Å². The van der Waals surface area contributed by atoms with E-state index in [2.05, 4.69) is 24.5 Å². The number of aryl methyl sites for hydroxylation is 1. The van der Waals surface area contributed by atoms with E-state index >= 15 is 0 Å². The standard InChI is InChI=1S/C20H24N2O2S/c1-14(2)10-11-24-18-9-5-7-16(13-18)19(23)22-20(25)21-17-8-4-6-15(3)12-17/h4-9,12-14H,10-11H2,1-3H3,(H2,21,22,23,25). The van der Waals surface area contributed by atoms with Crippen LogP contribution in [0.15, 0.2) is 48.5 Å². The monoisotopic (exact) mass is 356 g/mol. The van der Waals surface area contributed by atoms with Gasteiger partial charge in [0.25, 0.3) is 5.91 Å². The van der Waals surface area contributed by atoms with Gasteiger partial charge in [-0.25, -0.2) is 0 Å². The lowest BCUT2D eigenvalue weighted by atomic mass is 10.1. The first-order chi connectivity index (χ1) is 11.9. The minimum atomic E-state index is -0.264. The molecule has 0 bridgehead atoms. The van der Waals surface area contributed by atoms with Gasteiger partial charge >= 0.3 is 0 Å². The summed E-state index contributed by atoms with van der Waals surface area (Å²) in [5.41, 5.74) is 2.47. The van der Waals surface area contributed by atoms with Crippen molar-refractivity contribution < 1.29 is 9.53 Å². The minimum absolute atomic E-state index is 0.264. The third-order valence-electron chi connectivity index (χ3n) is 3.56. The Morgan fingerprint density at radius 1 is 1.16 bits per heavy atom. The summed E-state index contributed by atoms with van der Waals surface area (Å²) in [5, 5.41) is 5.97. The van der Waals surface area contributed by atoms with Crippen molar-refractivity contribution >= 4 is 28.9 Å². The molecule has 0 saturated heterocycles. The molecular weight excluding hydrogens is 332 g/mol. The van der Waals surface area contributed by atoms with Crippen molar-refractivity contribution in [2.24, 2.45) is 5.92 Å². The first-order valence-electron chi connectivity index (χ1n) is 8.36. The van der Waals surface area contributed by atoms with Gasteiger partial charge in [0.1, 0.15) is 5.75 Å². The number of amides is 1. The maximum absolute atomic E-state index is 12.4. The van der Waals surface area contributed by atoms with Crippen LogP contribution in [0.1, 0.15) is 36.2 Å². The zero-order valence-electron chi connectivity index (χ0n) is 14.8. The molecule has 2 aromatic rings. The van der Waals surface area contributed by atoms with E-state index in [0.29, 0.717) is 23.8 Å². The van der Waals surface area contributed by atoms with E-state index in [1.165, 1.54) is 0 Å². The number of ether oxygens (including phenoxy) is 1. The van der Waals surface area contributed by atoms with Crippen molar-refractivity contribution in [1.29, 1.82) is 0 Å². The predicted octanol–water partition coefficient (Wildman–Crippen LogP) is 4.55. The third-order valence-corrected chi connectivity index (χ3v) is 3.77. The Balaban J connectivity index is 1.92. The molecule has 2 aromatic carbocycles. The van der Waals surface area contributed by atoms with E-state index in [-0.39, 0.29) is 11.0 Å². The van der Waals surface area contributed by atoms with Crippen LogP contribution < -0.4 is 15.4 Å². The molecule has 0 heterocycles. The molecule has 1 amide bonds. The van der Waals surface area contributed by atoms with E-state index in [1.54, 1.807) is 18.2 Å². The Hall–Kier alpha value is -2.40. The highest BCUT2D eigenvalue weighted by Gasteiger charge is 2.09. The summed E-state index contributed by atoms with van der Waals surface area (Å²) >= 11 is 5.21. The molecule has 0 spiro atoms. The fourth-order valence-corrected chi connectivity index (χ4v) is 2.41. The van der Waals surface area contributed by atoms with Gasteiger partial charge in [-0.15, -0.1) is 0 Å².